The molecule has 0 spiro atoms. The summed E-state index contributed by atoms with van der Waals surface area (Å²) in [7, 11) is 0. The number of ether oxygens (including phenoxy) is 2. The molecule has 94 valence electrons. The molecule has 0 amide bonds. The zero-order chi connectivity index (χ0) is 12.7. The van der Waals surface area contributed by atoms with E-state index in [-0.39, 0.29) is 0 Å². The smallest absolute Gasteiger partial charge is 0.218 e. The fraction of sp³-hybridized carbons (Fsp3) is 0.429. The van der Waals surface area contributed by atoms with E-state index in [9.17, 15) is 5.11 Å². The van der Waals surface area contributed by atoms with Crippen LogP contribution in [0.2, 0.25) is 0 Å². The molecule has 0 bridgehead atoms. The number of aliphatic hydroxyl groups is 1. The van der Waals surface area contributed by atoms with Crippen LogP contribution < -0.4 is 0 Å². The van der Waals surface area contributed by atoms with Gasteiger partial charge in [0.25, 0.3) is 0 Å². The lowest BCUT2D eigenvalue weighted by atomic mass is 10.0. The molecule has 0 radical (unpaired) electrons. The molecule has 0 aliphatic carbocycles. The van der Waals surface area contributed by atoms with Gasteiger partial charge < -0.3 is 14.6 Å². The highest BCUT2D eigenvalue weighted by Gasteiger charge is 2.37. The highest BCUT2D eigenvalue weighted by molar-refractivity contribution is 5.21. The number of hydrogen-bond acceptors (Lipinski definition) is 3. The topological polar surface area (TPSA) is 38.7 Å². The summed E-state index contributed by atoms with van der Waals surface area (Å²) >= 11 is 0. The molecule has 17 heavy (non-hydrogen) atoms. The average Bonchev–Trinajstić information content (AvgIpc) is 2.38. The summed E-state index contributed by atoms with van der Waals surface area (Å²) in [5, 5.41) is 10.4. The number of aliphatic hydroxyl groups excluding tert-OH is 1. The van der Waals surface area contributed by atoms with Crippen LogP contribution in [0.4, 0.5) is 0 Å². The van der Waals surface area contributed by atoms with Crippen LogP contribution in [0.25, 0.3) is 0 Å². The second-order valence-corrected chi connectivity index (χ2v) is 3.60. The van der Waals surface area contributed by atoms with Crippen molar-refractivity contribution in [1.29, 1.82) is 0 Å². The minimum Gasteiger partial charge on any atom is -0.382 e. The van der Waals surface area contributed by atoms with E-state index >= 15 is 0 Å². The Kier molecular flexibility index (Phi) is 5.35. The lowest BCUT2D eigenvalue weighted by Gasteiger charge is -2.34. The van der Waals surface area contributed by atoms with Crippen LogP contribution >= 0.6 is 0 Å². The Morgan fingerprint density at radius 1 is 1.24 bits per heavy atom. The lowest BCUT2D eigenvalue weighted by molar-refractivity contribution is -0.251. The van der Waals surface area contributed by atoms with Crippen molar-refractivity contribution in [1.82, 2.24) is 0 Å². The van der Waals surface area contributed by atoms with Crippen molar-refractivity contribution in [3.05, 3.63) is 48.6 Å². The van der Waals surface area contributed by atoms with Crippen LogP contribution in [0, 0.1) is 0 Å². The molecule has 0 saturated carbocycles. The molecular formula is C14H20O3. The monoisotopic (exact) mass is 236 g/mol. The Balaban J connectivity index is 3.00. The first-order valence-corrected chi connectivity index (χ1v) is 5.84. The van der Waals surface area contributed by atoms with E-state index in [1.165, 1.54) is 6.08 Å². The lowest BCUT2D eigenvalue weighted by Crippen LogP contribution is -2.40. The molecule has 0 fully saturated rings. The Hall–Kier alpha value is -1.16. The van der Waals surface area contributed by atoms with Crippen LogP contribution in [0.1, 0.15) is 25.5 Å². The van der Waals surface area contributed by atoms with Crippen LogP contribution in [-0.2, 0) is 9.47 Å². The molecule has 3 heteroatoms. The maximum atomic E-state index is 10.4. The largest absolute Gasteiger partial charge is 0.382 e. The number of hydrogen-bond donors (Lipinski definition) is 1. The molecule has 0 heterocycles. The van der Waals surface area contributed by atoms with Gasteiger partial charge >= 0.3 is 0 Å². The van der Waals surface area contributed by atoms with Crippen molar-refractivity contribution in [2.24, 2.45) is 0 Å². The van der Waals surface area contributed by atoms with E-state index < -0.39 is 11.9 Å². The van der Waals surface area contributed by atoms with Gasteiger partial charge in [0, 0.05) is 13.2 Å². The van der Waals surface area contributed by atoms with E-state index in [0.717, 1.165) is 5.56 Å². The van der Waals surface area contributed by atoms with E-state index in [1.54, 1.807) is 0 Å². The van der Waals surface area contributed by atoms with E-state index in [2.05, 4.69) is 6.58 Å². The maximum Gasteiger partial charge on any atom is 0.218 e. The molecule has 1 unspecified atom stereocenters. The first-order valence-electron chi connectivity index (χ1n) is 5.84. The maximum absolute atomic E-state index is 10.4. The molecule has 1 rings (SSSR count). The second-order valence-electron chi connectivity index (χ2n) is 3.60. The Morgan fingerprint density at radius 2 is 1.76 bits per heavy atom. The molecule has 3 nitrogen and oxygen atoms in total. The molecule has 0 saturated heterocycles. The average molecular weight is 236 g/mol. The number of rotatable bonds is 7. The van der Waals surface area contributed by atoms with Gasteiger partial charge in [0.15, 0.2) is 0 Å². The van der Waals surface area contributed by atoms with Gasteiger partial charge in [-0.1, -0.05) is 36.9 Å². The first-order chi connectivity index (χ1) is 8.20. The first kappa shape index (κ1) is 13.9. The fourth-order valence-electron chi connectivity index (χ4n) is 1.75. The Morgan fingerprint density at radius 3 is 2.18 bits per heavy atom. The quantitative estimate of drug-likeness (QED) is 0.584. The third-order valence-electron chi connectivity index (χ3n) is 2.52. The molecule has 1 N–H and O–H groups in total. The van der Waals surface area contributed by atoms with E-state index in [0.29, 0.717) is 13.2 Å². The standard InChI is InChI=1S/C14H20O3/c1-4-14(16-5-2,17-6-3)13(15)12-10-8-7-9-11-12/h4,7-11,13,15H,1,5-6H2,2-3H3. The van der Waals surface area contributed by atoms with Crippen LogP contribution in [0.15, 0.2) is 43.0 Å². The third-order valence-corrected chi connectivity index (χ3v) is 2.52. The van der Waals surface area contributed by atoms with Crippen molar-refractivity contribution >= 4 is 0 Å². The molecule has 0 aromatic heterocycles. The summed E-state index contributed by atoms with van der Waals surface area (Å²) in [5.74, 6) is -1.18. The summed E-state index contributed by atoms with van der Waals surface area (Å²) in [4.78, 5) is 0. The molecule has 0 aliphatic rings. The second kappa shape index (κ2) is 6.55. The van der Waals surface area contributed by atoms with Gasteiger partial charge in [-0.25, -0.2) is 0 Å². The molecule has 1 atom stereocenters. The molecule has 1 aromatic rings. The molecule has 0 aliphatic heterocycles. The number of benzene rings is 1. The minimum absolute atomic E-state index is 0.440. The van der Waals surface area contributed by atoms with Crippen molar-refractivity contribution < 1.29 is 14.6 Å². The SMILES string of the molecule is C=CC(OCC)(OCC)C(O)c1ccccc1. The Bertz CT molecular complexity index is 329. The van der Waals surface area contributed by atoms with Crippen molar-refractivity contribution in [3.63, 3.8) is 0 Å². The summed E-state index contributed by atoms with van der Waals surface area (Å²) in [5.41, 5.74) is 0.745. The van der Waals surface area contributed by atoms with Gasteiger partial charge in [-0.05, 0) is 25.5 Å². The minimum atomic E-state index is -1.18. The van der Waals surface area contributed by atoms with Crippen LogP contribution in [0.5, 0.6) is 0 Å². The zero-order valence-electron chi connectivity index (χ0n) is 10.4. The highest BCUT2D eigenvalue weighted by atomic mass is 16.7. The van der Waals surface area contributed by atoms with Gasteiger partial charge in [-0.15, -0.1) is 0 Å². The normalized spacial score (nSPS) is 13.4. The predicted molar refractivity (Wildman–Crippen MR) is 67.6 cm³/mol. The zero-order valence-corrected chi connectivity index (χ0v) is 10.4. The van der Waals surface area contributed by atoms with Crippen LogP contribution in [0.3, 0.4) is 0 Å². The van der Waals surface area contributed by atoms with Crippen molar-refractivity contribution in [3.8, 4) is 0 Å². The van der Waals surface area contributed by atoms with Gasteiger partial charge in [0.2, 0.25) is 5.79 Å². The van der Waals surface area contributed by atoms with Crippen molar-refractivity contribution in [2.45, 2.75) is 25.7 Å². The molecule has 1 aromatic carbocycles. The van der Waals surface area contributed by atoms with E-state index in [4.69, 9.17) is 9.47 Å². The van der Waals surface area contributed by atoms with E-state index in [1.807, 2.05) is 44.2 Å². The van der Waals surface area contributed by atoms with Crippen LogP contribution in [-0.4, -0.2) is 24.1 Å². The predicted octanol–water partition coefficient (Wildman–Crippen LogP) is 2.68. The Labute approximate surface area is 103 Å². The summed E-state index contributed by atoms with van der Waals surface area (Å²) in [6, 6.07) is 9.30. The third kappa shape index (κ3) is 3.16. The van der Waals surface area contributed by atoms with Gasteiger partial charge in [-0.3, -0.25) is 0 Å². The van der Waals surface area contributed by atoms with Gasteiger partial charge in [-0.2, -0.15) is 0 Å². The molecular weight excluding hydrogens is 216 g/mol. The summed E-state index contributed by atoms with van der Waals surface area (Å²) < 4.78 is 11.1. The highest BCUT2D eigenvalue weighted by Crippen LogP contribution is 2.31. The van der Waals surface area contributed by atoms with Gasteiger partial charge in [0.1, 0.15) is 6.10 Å². The fourth-order valence-corrected chi connectivity index (χ4v) is 1.75. The summed E-state index contributed by atoms with van der Waals surface area (Å²) in [6.07, 6.45) is 0.624. The summed E-state index contributed by atoms with van der Waals surface area (Å²) in [6.45, 7) is 8.30. The van der Waals surface area contributed by atoms with Crippen molar-refractivity contribution in [2.75, 3.05) is 13.2 Å². The van der Waals surface area contributed by atoms with Gasteiger partial charge in [0.05, 0.1) is 0 Å².